The number of nitrogens with two attached hydrogens (primary N) is 1. The van der Waals surface area contributed by atoms with Gasteiger partial charge in [-0.25, -0.2) is 0 Å². The minimum Gasteiger partial charge on any atom is -0.426 e. The number of benzene rings is 1. The molecule has 1 heterocycles. The van der Waals surface area contributed by atoms with E-state index in [9.17, 15) is 9.59 Å². The molecule has 104 valence electrons. The fourth-order valence-electron chi connectivity index (χ4n) is 2.00. The first-order valence-corrected chi connectivity index (χ1v) is 5.90. The zero-order valence-electron chi connectivity index (χ0n) is 11.4. The Morgan fingerprint density at radius 3 is 2.30 bits per heavy atom. The standard InChI is InChI=1S/C13H14N4O3/c1-6-4-9(5-7(2)12(6)20-8(3)18)10-11(13(14)19)16-17-15-10/h4-5H,1-3H3,(H2,14,19)(H,15,16,17). The van der Waals surface area contributed by atoms with Gasteiger partial charge in [-0.1, -0.05) is 0 Å². The predicted molar refractivity (Wildman–Crippen MR) is 71.1 cm³/mol. The van der Waals surface area contributed by atoms with E-state index in [1.54, 1.807) is 26.0 Å². The molecule has 0 bridgehead atoms. The van der Waals surface area contributed by atoms with Crippen molar-refractivity contribution in [2.75, 3.05) is 0 Å². The molecule has 0 spiro atoms. The van der Waals surface area contributed by atoms with Gasteiger partial charge in [0, 0.05) is 12.5 Å². The van der Waals surface area contributed by atoms with Crippen LogP contribution in [-0.4, -0.2) is 27.3 Å². The topological polar surface area (TPSA) is 111 Å². The Labute approximate surface area is 115 Å². The van der Waals surface area contributed by atoms with E-state index in [1.165, 1.54) is 6.92 Å². The number of primary amides is 1. The lowest BCUT2D eigenvalue weighted by Gasteiger charge is -2.11. The molecule has 1 amide bonds. The van der Waals surface area contributed by atoms with Crippen LogP contribution in [-0.2, 0) is 4.79 Å². The first-order chi connectivity index (χ1) is 9.40. The molecule has 0 unspecified atom stereocenters. The summed E-state index contributed by atoms with van der Waals surface area (Å²) in [6.45, 7) is 4.95. The van der Waals surface area contributed by atoms with Gasteiger partial charge in [-0.05, 0) is 37.1 Å². The van der Waals surface area contributed by atoms with Gasteiger partial charge in [-0.15, -0.1) is 0 Å². The first kappa shape index (κ1) is 13.7. The van der Waals surface area contributed by atoms with Gasteiger partial charge in [-0.3, -0.25) is 9.59 Å². The quantitative estimate of drug-likeness (QED) is 0.643. The SMILES string of the molecule is CC(=O)Oc1c(C)cc(-c2n[nH]nc2C(N)=O)cc1C. The maximum absolute atomic E-state index is 11.3. The van der Waals surface area contributed by atoms with Crippen LogP contribution in [0.5, 0.6) is 5.75 Å². The summed E-state index contributed by atoms with van der Waals surface area (Å²) in [6, 6.07) is 3.52. The number of nitrogens with one attached hydrogen (secondary N) is 1. The molecule has 0 atom stereocenters. The summed E-state index contributed by atoms with van der Waals surface area (Å²) in [7, 11) is 0. The molecular formula is C13H14N4O3. The third-order valence-corrected chi connectivity index (χ3v) is 2.76. The van der Waals surface area contributed by atoms with Crippen molar-refractivity contribution >= 4 is 11.9 Å². The van der Waals surface area contributed by atoms with Crippen molar-refractivity contribution < 1.29 is 14.3 Å². The molecule has 0 saturated heterocycles. The van der Waals surface area contributed by atoms with Gasteiger partial charge in [0.05, 0.1) is 0 Å². The average molecular weight is 274 g/mol. The number of ether oxygens (including phenoxy) is 1. The minimum atomic E-state index is -0.659. The number of carbonyl (C=O) groups excluding carboxylic acids is 2. The van der Waals surface area contributed by atoms with Gasteiger partial charge in [0.1, 0.15) is 11.4 Å². The molecule has 0 radical (unpaired) electrons. The second-order valence-corrected chi connectivity index (χ2v) is 4.42. The number of aryl methyl sites for hydroxylation is 2. The van der Waals surface area contributed by atoms with Crippen LogP contribution in [0, 0.1) is 13.8 Å². The molecule has 7 nitrogen and oxygen atoms in total. The number of esters is 1. The summed E-state index contributed by atoms with van der Waals surface area (Å²) in [6.07, 6.45) is 0. The summed E-state index contributed by atoms with van der Waals surface area (Å²) in [5, 5.41) is 10.0. The van der Waals surface area contributed by atoms with Crippen molar-refractivity contribution in [2.45, 2.75) is 20.8 Å². The van der Waals surface area contributed by atoms with E-state index >= 15 is 0 Å². The zero-order chi connectivity index (χ0) is 14.9. The summed E-state index contributed by atoms with van der Waals surface area (Å²) in [5.41, 5.74) is 7.88. The second kappa shape index (κ2) is 5.12. The van der Waals surface area contributed by atoms with Gasteiger partial charge in [0.15, 0.2) is 5.69 Å². The lowest BCUT2D eigenvalue weighted by atomic mass is 10.0. The Morgan fingerprint density at radius 2 is 1.80 bits per heavy atom. The minimum absolute atomic E-state index is 0.0732. The predicted octanol–water partition coefficient (Wildman–Crippen LogP) is 1.11. The average Bonchev–Trinajstić information content (AvgIpc) is 2.82. The maximum atomic E-state index is 11.3. The number of H-pyrrole nitrogens is 1. The largest absolute Gasteiger partial charge is 0.426 e. The van der Waals surface area contributed by atoms with Gasteiger partial charge < -0.3 is 10.5 Å². The van der Waals surface area contributed by atoms with Crippen LogP contribution in [0.4, 0.5) is 0 Å². The third-order valence-electron chi connectivity index (χ3n) is 2.76. The molecule has 0 fully saturated rings. The highest BCUT2D eigenvalue weighted by Crippen LogP contribution is 2.30. The van der Waals surface area contributed by atoms with Crippen LogP contribution >= 0.6 is 0 Å². The Bertz CT molecular complexity index is 668. The lowest BCUT2D eigenvalue weighted by Crippen LogP contribution is -2.13. The first-order valence-electron chi connectivity index (χ1n) is 5.90. The molecular weight excluding hydrogens is 260 g/mol. The molecule has 2 rings (SSSR count). The van der Waals surface area contributed by atoms with Crippen LogP contribution in [0.3, 0.4) is 0 Å². The third kappa shape index (κ3) is 2.51. The summed E-state index contributed by atoms with van der Waals surface area (Å²) < 4.78 is 5.15. The molecule has 3 N–H and O–H groups in total. The molecule has 0 aliphatic carbocycles. The van der Waals surface area contributed by atoms with Crippen LogP contribution in [0.2, 0.25) is 0 Å². The number of aromatic nitrogens is 3. The van der Waals surface area contributed by atoms with Crippen LogP contribution < -0.4 is 10.5 Å². The molecule has 2 aromatic rings. The van der Waals surface area contributed by atoms with Gasteiger partial charge in [0.25, 0.3) is 5.91 Å². The Balaban J connectivity index is 2.52. The second-order valence-electron chi connectivity index (χ2n) is 4.42. The fourth-order valence-corrected chi connectivity index (χ4v) is 2.00. The van der Waals surface area contributed by atoms with Crippen molar-refractivity contribution in [2.24, 2.45) is 5.73 Å². The number of nitrogens with zero attached hydrogens (tertiary/aromatic N) is 2. The molecule has 1 aromatic heterocycles. The zero-order valence-corrected chi connectivity index (χ0v) is 11.4. The highest BCUT2D eigenvalue weighted by Gasteiger charge is 2.17. The van der Waals surface area contributed by atoms with E-state index in [-0.39, 0.29) is 11.7 Å². The van der Waals surface area contributed by atoms with Crippen molar-refractivity contribution in [1.82, 2.24) is 15.4 Å². The Morgan fingerprint density at radius 1 is 1.20 bits per heavy atom. The van der Waals surface area contributed by atoms with Gasteiger partial charge >= 0.3 is 5.97 Å². The van der Waals surface area contributed by atoms with E-state index in [1.807, 2.05) is 0 Å². The highest BCUT2D eigenvalue weighted by atomic mass is 16.5. The van der Waals surface area contributed by atoms with Crippen LogP contribution in [0.1, 0.15) is 28.5 Å². The van der Waals surface area contributed by atoms with E-state index < -0.39 is 5.91 Å². The van der Waals surface area contributed by atoms with Crippen molar-refractivity contribution in [3.05, 3.63) is 29.0 Å². The van der Waals surface area contributed by atoms with Crippen LogP contribution in [0.15, 0.2) is 12.1 Å². The summed E-state index contributed by atoms with van der Waals surface area (Å²) in [5.74, 6) is -0.540. The lowest BCUT2D eigenvalue weighted by molar-refractivity contribution is -0.131. The molecule has 0 aliphatic rings. The molecule has 1 aromatic carbocycles. The summed E-state index contributed by atoms with van der Waals surface area (Å²) >= 11 is 0. The molecule has 0 saturated carbocycles. The normalized spacial score (nSPS) is 10.3. The van der Waals surface area contributed by atoms with Crippen molar-refractivity contribution in [3.63, 3.8) is 0 Å². The maximum Gasteiger partial charge on any atom is 0.308 e. The van der Waals surface area contributed by atoms with Crippen LogP contribution in [0.25, 0.3) is 11.3 Å². The Hall–Kier alpha value is -2.70. The van der Waals surface area contributed by atoms with Gasteiger partial charge in [-0.2, -0.15) is 15.4 Å². The fraction of sp³-hybridized carbons (Fsp3) is 0.231. The van der Waals surface area contributed by atoms with Crippen molar-refractivity contribution in [3.8, 4) is 17.0 Å². The summed E-state index contributed by atoms with van der Waals surface area (Å²) in [4.78, 5) is 22.3. The number of amides is 1. The van der Waals surface area contributed by atoms with E-state index in [0.29, 0.717) is 17.0 Å². The van der Waals surface area contributed by atoms with E-state index in [0.717, 1.165) is 11.1 Å². The number of hydrogen-bond donors (Lipinski definition) is 2. The highest BCUT2D eigenvalue weighted by molar-refractivity contribution is 5.96. The van der Waals surface area contributed by atoms with Gasteiger partial charge in [0.2, 0.25) is 0 Å². The monoisotopic (exact) mass is 274 g/mol. The van der Waals surface area contributed by atoms with E-state index in [4.69, 9.17) is 10.5 Å². The van der Waals surface area contributed by atoms with Crippen molar-refractivity contribution in [1.29, 1.82) is 0 Å². The Kier molecular flexibility index (Phi) is 3.51. The van der Waals surface area contributed by atoms with E-state index in [2.05, 4.69) is 15.4 Å². The number of aromatic amines is 1. The molecule has 20 heavy (non-hydrogen) atoms. The molecule has 0 aliphatic heterocycles. The number of hydrogen-bond acceptors (Lipinski definition) is 5. The smallest absolute Gasteiger partial charge is 0.308 e. The number of carbonyl (C=O) groups is 2. The number of rotatable bonds is 3. The molecule has 7 heteroatoms.